The average molecular weight is 362 g/mol. The van der Waals surface area contributed by atoms with E-state index in [1.807, 2.05) is 36.4 Å². The molecule has 0 amide bonds. The molecule has 5 nitrogen and oxygen atoms in total. The molecule has 2 N–H and O–H groups in total. The van der Waals surface area contributed by atoms with Gasteiger partial charge in [0.2, 0.25) is 5.88 Å². The number of hydrogen-bond acceptors (Lipinski definition) is 6. The topological polar surface area (TPSA) is 85.3 Å². The Morgan fingerprint density at radius 2 is 1.96 bits per heavy atom. The minimum Gasteiger partial charge on any atom is -0.465 e. The lowest BCUT2D eigenvalue weighted by molar-refractivity contribution is 0.0600. The van der Waals surface area contributed by atoms with Gasteiger partial charge in [-0.15, -0.1) is 11.3 Å². The van der Waals surface area contributed by atoms with Gasteiger partial charge in [-0.05, 0) is 29.8 Å². The van der Waals surface area contributed by atoms with Crippen molar-refractivity contribution in [1.82, 2.24) is 0 Å². The molecule has 0 saturated carbocycles. The van der Waals surface area contributed by atoms with E-state index in [1.54, 1.807) is 23.5 Å². The quantitative estimate of drug-likeness (QED) is 0.699. The molecule has 128 valence electrons. The van der Waals surface area contributed by atoms with Crippen molar-refractivity contribution in [3.8, 4) is 11.8 Å². The van der Waals surface area contributed by atoms with E-state index >= 15 is 0 Å². The Morgan fingerprint density at radius 3 is 2.65 bits per heavy atom. The van der Waals surface area contributed by atoms with Crippen LogP contribution in [0.3, 0.4) is 0 Å². The minimum absolute atomic E-state index is 0.116. The Morgan fingerprint density at radius 1 is 1.23 bits per heavy atom. The van der Waals surface area contributed by atoms with Crippen LogP contribution in [-0.2, 0) is 4.74 Å². The SMILES string of the molecule is COC(=O)c1ccc([C@H]2C(C#N)=C(N)Oc3c2sc2ccccc32)cc1. The molecule has 0 fully saturated rings. The maximum Gasteiger partial charge on any atom is 0.337 e. The standard InChI is InChI=1S/C20H14N2O3S/c1-24-20(23)12-8-6-11(7-9-12)16-14(10-21)19(22)25-17-13-4-2-3-5-15(13)26-18(16)17/h2-9,16H,22H2,1H3/t16-/m0/s1. The zero-order valence-corrected chi connectivity index (χ0v) is 14.7. The van der Waals surface area contributed by atoms with Gasteiger partial charge in [-0.2, -0.15) is 5.26 Å². The summed E-state index contributed by atoms with van der Waals surface area (Å²) in [7, 11) is 1.34. The summed E-state index contributed by atoms with van der Waals surface area (Å²) in [6.45, 7) is 0. The number of carbonyl (C=O) groups excluding carboxylic acids is 1. The zero-order chi connectivity index (χ0) is 18.3. The molecule has 1 aliphatic rings. The molecule has 0 unspecified atom stereocenters. The van der Waals surface area contributed by atoms with Gasteiger partial charge in [-0.3, -0.25) is 0 Å². The van der Waals surface area contributed by atoms with Gasteiger partial charge in [0, 0.05) is 10.1 Å². The third-order valence-corrected chi connectivity index (χ3v) is 5.61. The van der Waals surface area contributed by atoms with E-state index in [9.17, 15) is 10.1 Å². The van der Waals surface area contributed by atoms with E-state index in [0.29, 0.717) is 16.9 Å². The Hall–Kier alpha value is -3.30. The molecule has 0 saturated heterocycles. The van der Waals surface area contributed by atoms with Crippen molar-refractivity contribution >= 4 is 27.4 Å². The molecule has 2 aromatic carbocycles. The largest absolute Gasteiger partial charge is 0.465 e. The number of nitrogens with two attached hydrogens (primary N) is 1. The zero-order valence-electron chi connectivity index (χ0n) is 13.9. The van der Waals surface area contributed by atoms with E-state index in [0.717, 1.165) is 20.5 Å². The van der Waals surface area contributed by atoms with Crippen molar-refractivity contribution in [3.05, 3.63) is 76.0 Å². The first-order valence-corrected chi connectivity index (χ1v) is 8.73. The number of allylic oxidation sites excluding steroid dienone is 1. The lowest BCUT2D eigenvalue weighted by Crippen LogP contribution is -2.19. The van der Waals surface area contributed by atoms with Gasteiger partial charge >= 0.3 is 5.97 Å². The second-order valence-electron chi connectivity index (χ2n) is 5.83. The van der Waals surface area contributed by atoms with E-state index < -0.39 is 5.97 Å². The molecule has 0 radical (unpaired) electrons. The van der Waals surface area contributed by atoms with Gasteiger partial charge in [0.05, 0.1) is 23.5 Å². The van der Waals surface area contributed by atoms with Gasteiger partial charge in [0.25, 0.3) is 0 Å². The number of methoxy groups -OCH3 is 1. The smallest absolute Gasteiger partial charge is 0.337 e. The molecule has 6 heteroatoms. The van der Waals surface area contributed by atoms with Crippen LogP contribution in [0, 0.1) is 11.3 Å². The van der Waals surface area contributed by atoms with Crippen molar-refractivity contribution in [2.45, 2.75) is 5.92 Å². The first-order valence-electron chi connectivity index (χ1n) is 7.91. The summed E-state index contributed by atoms with van der Waals surface area (Å²) in [6.07, 6.45) is 0. The van der Waals surface area contributed by atoms with Crippen LogP contribution in [0.25, 0.3) is 10.1 Å². The van der Waals surface area contributed by atoms with Gasteiger partial charge < -0.3 is 15.2 Å². The van der Waals surface area contributed by atoms with Crippen molar-refractivity contribution in [3.63, 3.8) is 0 Å². The van der Waals surface area contributed by atoms with Crippen molar-refractivity contribution < 1.29 is 14.3 Å². The third kappa shape index (κ3) is 2.41. The van der Waals surface area contributed by atoms with Crippen LogP contribution in [0.15, 0.2) is 60.0 Å². The van der Waals surface area contributed by atoms with E-state index in [-0.39, 0.29) is 11.8 Å². The summed E-state index contributed by atoms with van der Waals surface area (Å²) in [6, 6.07) is 17.1. The molecule has 0 bridgehead atoms. The molecular formula is C20H14N2O3S. The fraction of sp³-hybridized carbons (Fsp3) is 0.100. The molecule has 26 heavy (non-hydrogen) atoms. The number of benzene rings is 2. The molecule has 0 aliphatic carbocycles. The monoisotopic (exact) mass is 362 g/mol. The molecule has 1 atom stereocenters. The Labute approximate surface area is 153 Å². The summed E-state index contributed by atoms with van der Waals surface area (Å²) in [5, 5.41) is 10.6. The predicted octanol–water partition coefficient (Wildman–Crippen LogP) is 3.91. The van der Waals surface area contributed by atoms with Crippen molar-refractivity contribution in [2.24, 2.45) is 5.73 Å². The molecule has 2 heterocycles. The van der Waals surface area contributed by atoms with Crippen LogP contribution < -0.4 is 10.5 Å². The number of thiophene rings is 1. The van der Waals surface area contributed by atoms with E-state index in [2.05, 4.69) is 6.07 Å². The normalized spacial score (nSPS) is 15.9. The van der Waals surface area contributed by atoms with Crippen LogP contribution in [-0.4, -0.2) is 13.1 Å². The third-order valence-electron chi connectivity index (χ3n) is 4.39. The van der Waals surface area contributed by atoms with Gasteiger partial charge in [0.1, 0.15) is 11.6 Å². The van der Waals surface area contributed by atoms with Crippen molar-refractivity contribution in [1.29, 1.82) is 5.26 Å². The molecule has 1 aliphatic heterocycles. The maximum atomic E-state index is 11.7. The average Bonchev–Trinajstić information content (AvgIpc) is 3.04. The second kappa shape index (κ2) is 6.21. The number of fused-ring (bicyclic) bond motifs is 3. The highest BCUT2D eigenvalue weighted by atomic mass is 32.1. The Kier molecular flexibility index (Phi) is 3.86. The fourth-order valence-corrected chi connectivity index (χ4v) is 4.41. The fourth-order valence-electron chi connectivity index (χ4n) is 3.14. The van der Waals surface area contributed by atoms with E-state index in [1.165, 1.54) is 7.11 Å². The lowest BCUT2D eigenvalue weighted by Gasteiger charge is -2.24. The van der Waals surface area contributed by atoms with Gasteiger partial charge in [0.15, 0.2) is 5.75 Å². The molecular weight excluding hydrogens is 348 g/mol. The summed E-state index contributed by atoms with van der Waals surface area (Å²) in [5.74, 6) is 0.0873. The highest BCUT2D eigenvalue weighted by molar-refractivity contribution is 7.19. The first-order chi connectivity index (χ1) is 12.6. The second-order valence-corrected chi connectivity index (χ2v) is 6.91. The van der Waals surface area contributed by atoms with Crippen LogP contribution in [0.1, 0.15) is 26.7 Å². The highest BCUT2D eigenvalue weighted by Gasteiger charge is 2.33. The number of carbonyl (C=O) groups is 1. The summed E-state index contributed by atoms with van der Waals surface area (Å²) < 4.78 is 11.6. The van der Waals surface area contributed by atoms with Gasteiger partial charge in [-0.1, -0.05) is 24.3 Å². The number of nitriles is 1. The Bertz CT molecular complexity index is 1090. The van der Waals surface area contributed by atoms with Crippen LogP contribution in [0.2, 0.25) is 0 Å². The van der Waals surface area contributed by atoms with Crippen LogP contribution in [0.4, 0.5) is 0 Å². The summed E-state index contributed by atoms with van der Waals surface area (Å²) >= 11 is 1.58. The van der Waals surface area contributed by atoms with Crippen LogP contribution >= 0.6 is 11.3 Å². The van der Waals surface area contributed by atoms with Crippen LogP contribution in [0.5, 0.6) is 5.75 Å². The number of esters is 1. The minimum atomic E-state index is -0.401. The Balaban J connectivity index is 1.89. The maximum absolute atomic E-state index is 11.7. The molecule has 1 aromatic heterocycles. The number of nitrogens with zero attached hydrogens (tertiary/aromatic N) is 1. The summed E-state index contributed by atoms with van der Waals surface area (Å²) in [4.78, 5) is 12.6. The molecule has 0 spiro atoms. The number of ether oxygens (including phenoxy) is 2. The van der Waals surface area contributed by atoms with E-state index in [4.69, 9.17) is 15.2 Å². The van der Waals surface area contributed by atoms with Gasteiger partial charge in [-0.25, -0.2) is 4.79 Å². The number of rotatable bonds is 2. The predicted molar refractivity (Wildman–Crippen MR) is 98.9 cm³/mol. The first kappa shape index (κ1) is 16.2. The van der Waals surface area contributed by atoms with Crippen molar-refractivity contribution in [2.75, 3.05) is 7.11 Å². The molecule has 4 rings (SSSR count). The summed E-state index contributed by atoms with van der Waals surface area (Å²) in [5.41, 5.74) is 7.74. The lowest BCUT2D eigenvalue weighted by atomic mass is 9.88. The molecule has 3 aromatic rings. The number of hydrogen-bond donors (Lipinski definition) is 1. The highest BCUT2D eigenvalue weighted by Crippen LogP contribution is 2.50.